The number of halogens is 3. The molecule has 0 radical (unpaired) electrons. The van der Waals surface area contributed by atoms with Gasteiger partial charge in [0.1, 0.15) is 13.2 Å². The zero-order chi connectivity index (χ0) is 11.7. The van der Waals surface area contributed by atoms with E-state index in [9.17, 15) is 9.59 Å². The van der Waals surface area contributed by atoms with Crippen molar-refractivity contribution in [3.05, 3.63) is 12.2 Å². The minimum Gasteiger partial charge on any atom is -0.460 e. The molecule has 0 N–H and O–H groups in total. The maximum Gasteiger partial charge on any atom is 0.330 e. The lowest BCUT2D eigenvalue weighted by molar-refractivity contribution is -0.139. The summed E-state index contributed by atoms with van der Waals surface area (Å²) in [4.78, 5) is 21.3. The molecule has 4 nitrogen and oxygen atoms in total. The number of hydrogen-bond acceptors (Lipinski definition) is 4. The van der Waals surface area contributed by atoms with E-state index in [2.05, 4.69) is 47.8 Å². The normalized spacial score (nSPS) is 10.9. The van der Waals surface area contributed by atoms with Crippen molar-refractivity contribution in [2.24, 2.45) is 0 Å². The highest BCUT2D eigenvalue weighted by atomic mass is 79.9. The molecule has 15 heavy (non-hydrogen) atoms. The van der Waals surface area contributed by atoms with Crippen molar-refractivity contribution in [2.45, 2.75) is 3.74 Å². The molecule has 0 fully saturated rings. The minimum absolute atomic E-state index is 0.0228. The van der Waals surface area contributed by atoms with E-state index in [-0.39, 0.29) is 17.9 Å². The summed E-state index contributed by atoms with van der Waals surface area (Å²) in [5, 5.41) is 0. The van der Waals surface area contributed by atoms with Gasteiger partial charge in [-0.1, -0.05) is 37.9 Å². The van der Waals surface area contributed by atoms with Gasteiger partial charge in [0.05, 0.1) is 6.61 Å². The van der Waals surface area contributed by atoms with Crippen molar-refractivity contribution >= 4 is 58.5 Å². The van der Waals surface area contributed by atoms with Crippen molar-refractivity contribution in [3.8, 4) is 0 Å². The first-order valence-corrected chi connectivity index (χ1v) is 6.52. The standard InChI is InChI=1S/C8H9Br3O4/c9-6(12)5-14-3-1-2-4-15-8(13)7(10)11/h1-2,7H,3-5H2. The third-order valence-corrected chi connectivity index (χ3v) is 2.07. The smallest absolute Gasteiger partial charge is 0.330 e. The number of rotatable bonds is 7. The highest BCUT2D eigenvalue weighted by molar-refractivity contribution is 9.25. The van der Waals surface area contributed by atoms with Gasteiger partial charge in [0.2, 0.25) is 4.69 Å². The van der Waals surface area contributed by atoms with E-state index in [4.69, 9.17) is 9.47 Å². The molecule has 86 valence electrons. The average molecular weight is 409 g/mol. The second-order valence-corrected chi connectivity index (χ2v) is 6.22. The molecule has 0 rings (SSSR count). The Labute approximate surface area is 113 Å². The van der Waals surface area contributed by atoms with Crippen molar-refractivity contribution < 1.29 is 19.1 Å². The fraction of sp³-hybridized carbons (Fsp3) is 0.500. The van der Waals surface area contributed by atoms with Crippen LogP contribution in [-0.4, -0.2) is 34.2 Å². The average Bonchev–Trinajstić information content (AvgIpc) is 2.15. The van der Waals surface area contributed by atoms with Crippen LogP contribution in [-0.2, 0) is 19.1 Å². The molecule has 0 aliphatic rings. The maximum atomic E-state index is 10.9. The number of hydrogen-bond donors (Lipinski definition) is 0. The van der Waals surface area contributed by atoms with Gasteiger partial charge in [0.25, 0.3) is 0 Å². The van der Waals surface area contributed by atoms with Crippen molar-refractivity contribution in [3.63, 3.8) is 0 Å². The molecule has 0 amide bonds. The predicted molar refractivity (Wildman–Crippen MR) is 66.5 cm³/mol. The van der Waals surface area contributed by atoms with Gasteiger partial charge >= 0.3 is 5.97 Å². The number of carbonyl (C=O) groups is 2. The van der Waals surface area contributed by atoms with Crippen LogP contribution < -0.4 is 0 Å². The lowest BCUT2D eigenvalue weighted by atomic mass is 10.5. The molecule has 0 atom stereocenters. The molecule has 0 aromatic rings. The van der Waals surface area contributed by atoms with E-state index in [1.165, 1.54) is 0 Å². The van der Waals surface area contributed by atoms with Gasteiger partial charge in [-0.25, -0.2) is 4.79 Å². The molecule has 0 heterocycles. The van der Waals surface area contributed by atoms with Gasteiger partial charge in [-0.2, -0.15) is 0 Å². The second kappa shape index (κ2) is 9.50. The topological polar surface area (TPSA) is 52.6 Å². The molecule has 0 saturated heterocycles. The Kier molecular flexibility index (Phi) is 9.68. The molecule has 0 spiro atoms. The Bertz CT molecular complexity index is 240. The monoisotopic (exact) mass is 406 g/mol. The Morgan fingerprint density at radius 3 is 2.33 bits per heavy atom. The van der Waals surface area contributed by atoms with Gasteiger partial charge in [0.15, 0.2) is 3.74 Å². The van der Waals surface area contributed by atoms with Crippen LogP contribution in [0.15, 0.2) is 12.2 Å². The molecule has 0 aliphatic carbocycles. The van der Waals surface area contributed by atoms with Gasteiger partial charge in [-0.3, -0.25) is 4.79 Å². The lowest BCUT2D eigenvalue weighted by Gasteiger charge is -2.01. The minimum atomic E-state index is -0.485. The Balaban J connectivity index is 3.39. The summed E-state index contributed by atoms with van der Waals surface area (Å²) < 4.78 is 9.00. The van der Waals surface area contributed by atoms with Crippen molar-refractivity contribution in [1.82, 2.24) is 0 Å². The van der Waals surface area contributed by atoms with Gasteiger partial charge in [0, 0.05) is 0 Å². The van der Waals surface area contributed by atoms with Crippen LogP contribution in [0.25, 0.3) is 0 Å². The zero-order valence-electron chi connectivity index (χ0n) is 7.62. The van der Waals surface area contributed by atoms with E-state index < -0.39 is 9.71 Å². The van der Waals surface area contributed by atoms with Gasteiger partial charge in [-0.15, -0.1) is 0 Å². The SMILES string of the molecule is O=C(Br)COCC=CCOC(=O)C(Br)Br. The first kappa shape index (κ1) is 15.3. The summed E-state index contributed by atoms with van der Waals surface area (Å²) in [5.41, 5.74) is 0. The summed E-state index contributed by atoms with van der Waals surface area (Å²) in [5.74, 6) is -0.392. The Morgan fingerprint density at radius 1 is 1.20 bits per heavy atom. The van der Waals surface area contributed by atoms with E-state index in [0.29, 0.717) is 6.61 Å². The number of ether oxygens (including phenoxy) is 2. The first-order valence-electron chi connectivity index (χ1n) is 3.90. The molecular weight excluding hydrogens is 400 g/mol. The van der Waals surface area contributed by atoms with Crippen LogP contribution in [0.4, 0.5) is 0 Å². The van der Waals surface area contributed by atoms with Gasteiger partial charge < -0.3 is 9.47 Å². The van der Waals surface area contributed by atoms with Crippen LogP contribution >= 0.6 is 47.8 Å². The van der Waals surface area contributed by atoms with E-state index in [1.54, 1.807) is 12.2 Å². The highest BCUT2D eigenvalue weighted by Gasteiger charge is 2.09. The Hall–Kier alpha value is 0.280. The third kappa shape index (κ3) is 10.6. The maximum absolute atomic E-state index is 10.9. The summed E-state index contributed by atoms with van der Waals surface area (Å²) in [7, 11) is 0. The molecule has 0 unspecified atom stereocenters. The number of esters is 1. The van der Waals surface area contributed by atoms with Crippen LogP contribution in [0.1, 0.15) is 0 Å². The van der Waals surface area contributed by atoms with Crippen molar-refractivity contribution in [1.29, 1.82) is 0 Å². The van der Waals surface area contributed by atoms with E-state index >= 15 is 0 Å². The summed E-state index contributed by atoms with van der Waals surface area (Å²) in [6.07, 6.45) is 3.31. The predicted octanol–water partition coefficient (Wildman–Crippen LogP) is 2.14. The Morgan fingerprint density at radius 2 is 1.80 bits per heavy atom. The van der Waals surface area contributed by atoms with Gasteiger partial charge in [-0.05, 0) is 22.0 Å². The first-order chi connectivity index (χ1) is 7.04. The van der Waals surface area contributed by atoms with Crippen LogP contribution in [0.2, 0.25) is 0 Å². The molecule has 0 bridgehead atoms. The third-order valence-electron chi connectivity index (χ3n) is 1.10. The zero-order valence-corrected chi connectivity index (χ0v) is 12.4. The molecule has 0 saturated carbocycles. The summed E-state index contributed by atoms with van der Waals surface area (Å²) in [6.45, 7) is 0.508. The number of alkyl halides is 2. The molecule has 0 aromatic heterocycles. The fourth-order valence-corrected chi connectivity index (χ4v) is 0.963. The summed E-state index contributed by atoms with van der Waals surface area (Å²) >= 11 is 8.73. The quantitative estimate of drug-likeness (QED) is 0.213. The van der Waals surface area contributed by atoms with Crippen LogP contribution in [0, 0.1) is 0 Å². The van der Waals surface area contributed by atoms with Crippen LogP contribution in [0.5, 0.6) is 0 Å². The number of carbonyl (C=O) groups excluding carboxylic acids is 2. The van der Waals surface area contributed by atoms with E-state index in [0.717, 1.165) is 0 Å². The molecular formula is C8H9Br3O4. The molecule has 7 heteroatoms. The largest absolute Gasteiger partial charge is 0.460 e. The second-order valence-electron chi connectivity index (χ2n) is 2.27. The van der Waals surface area contributed by atoms with Crippen LogP contribution in [0.3, 0.4) is 0 Å². The fourth-order valence-electron chi connectivity index (χ4n) is 0.537. The van der Waals surface area contributed by atoms with E-state index in [1.807, 2.05) is 0 Å². The summed E-state index contributed by atoms with van der Waals surface area (Å²) in [6, 6.07) is 0. The molecule has 0 aromatic carbocycles. The molecule has 0 aliphatic heterocycles. The highest BCUT2D eigenvalue weighted by Crippen LogP contribution is 2.09. The lowest BCUT2D eigenvalue weighted by Crippen LogP contribution is -2.11. The van der Waals surface area contributed by atoms with Crippen molar-refractivity contribution in [2.75, 3.05) is 19.8 Å².